The van der Waals surface area contributed by atoms with Crippen LogP contribution >= 0.6 is 34.8 Å². The highest BCUT2D eigenvalue weighted by molar-refractivity contribution is 6.42. The van der Waals surface area contributed by atoms with Crippen LogP contribution in [-0.4, -0.2) is 22.8 Å². The van der Waals surface area contributed by atoms with E-state index < -0.39 is 0 Å². The van der Waals surface area contributed by atoms with Gasteiger partial charge in [0.05, 0.1) is 33.1 Å². The van der Waals surface area contributed by atoms with Crippen LogP contribution in [0.5, 0.6) is 0 Å². The van der Waals surface area contributed by atoms with Crippen LogP contribution in [0.1, 0.15) is 24.7 Å². The van der Waals surface area contributed by atoms with Crippen molar-refractivity contribution in [3.63, 3.8) is 0 Å². The van der Waals surface area contributed by atoms with Crippen molar-refractivity contribution in [2.24, 2.45) is 0 Å². The summed E-state index contributed by atoms with van der Waals surface area (Å²) in [6.45, 7) is 0. The molecule has 3 nitrogen and oxygen atoms in total. The number of rotatable bonds is 3. The second-order valence-corrected chi connectivity index (χ2v) is 5.85. The van der Waals surface area contributed by atoms with Gasteiger partial charge in [-0.3, -0.25) is 0 Å². The molecule has 0 unspecified atom stereocenters. The van der Waals surface area contributed by atoms with Gasteiger partial charge in [0.1, 0.15) is 5.82 Å². The minimum absolute atomic E-state index is 0.327. The fourth-order valence-electron chi connectivity index (χ4n) is 2.58. The maximum absolute atomic E-state index is 6.10. The smallest absolute Gasteiger partial charge is 0.125 e. The highest BCUT2D eigenvalue weighted by atomic mass is 35.5. The number of alkyl halides is 1. The molecule has 2 aromatic rings. The standard InChI is InChI=1S/C13H13Cl3N2O/c1-19-8-2-7(3-8)18-12-5-10(16)9(15)4-11(12)17-13(18)6-14/h4-5,7-8H,2-3,6H2,1H3. The monoisotopic (exact) mass is 318 g/mol. The lowest BCUT2D eigenvalue weighted by Gasteiger charge is -2.36. The highest BCUT2D eigenvalue weighted by Gasteiger charge is 2.33. The maximum atomic E-state index is 6.10. The highest BCUT2D eigenvalue weighted by Crippen LogP contribution is 2.39. The van der Waals surface area contributed by atoms with Gasteiger partial charge >= 0.3 is 0 Å². The molecule has 1 saturated carbocycles. The summed E-state index contributed by atoms with van der Waals surface area (Å²) in [5, 5.41) is 1.06. The summed E-state index contributed by atoms with van der Waals surface area (Å²) in [6, 6.07) is 4.03. The first-order chi connectivity index (χ1) is 9.13. The molecular formula is C13H13Cl3N2O. The van der Waals surface area contributed by atoms with Crippen molar-refractivity contribution in [2.45, 2.75) is 30.9 Å². The van der Waals surface area contributed by atoms with Crippen LogP contribution in [0.2, 0.25) is 10.0 Å². The molecule has 0 atom stereocenters. The van der Waals surface area contributed by atoms with Crippen LogP contribution in [0.15, 0.2) is 12.1 Å². The molecule has 0 radical (unpaired) electrons. The second-order valence-electron chi connectivity index (χ2n) is 4.77. The topological polar surface area (TPSA) is 27.1 Å². The van der Waals surface area contributed by atoms with Gasteiger partial charge in [0.15, 0.2) is 0 Å². The van der Waals surface area contributed by atoms with Gasteiger partial charge in [-0.25, -0.2) is 4.98 Å². The minimum atomic E-state index is 0.327. The minimum Gasteiger partial charge on any atom is -0.381 e. The fourth-order valence-corrected chi connectivity index (χ4v) is 3.09. The molecule has 0 amide bonds. The lowest BCUT2D eigenvalue weighted by molar-refractivity contribution is 0.00675. The Kier molecular flexibility index (Phi) is 3.65. The lowest BCUT2D eigenvalue weighted by Crippen LogP contribution is -2.33. The first-order valence-corrected chi connectivity index (χ1v) is 7.37. The zero-order valence-electron chi connectivity index (χ0n) is 10.4. The van der Waals surface area contributed by atoms with Crippen molar-refractivity contribution in [1.82, 2.24) is 9.55 Å². The number of aromatic nitrogens is 2. The lowest BCUT2D eigenvalue weighted by atomic mass is 9.89. The number of halogens is 3. The molecule has 102 valence electrons. The Morgan fingerprint density at radius 2 is 2.00 bits per heavy atom. The molecule has 0 bridgehead atoms. The Balaban J connectivity index is 2.08. The molecule has 6 heteroatoms. The van der Waals surface area contributed by atoms with Gasteiger partial charge in [0.2, 0.25) is 0 Å². The Hall–Kier alpha value is -0.480. The van der Waals surface area contributed by atoms with E-state index in [1.165, 1.54) is 0 Å². The summed E-state index contributed by atoms with van der Waals surface area (Å²) in [7, 11) is 1.74. The van der Waals surface area contributed by atoms with Crippen molar-refractivity contribution in [1.29, 1.82) is 0 Å². The Labute approximate surface area is 126 Å². The third kappa shape index (κ3) is 2.23. The number of nitrogens with zero attached hydrogens (tertiary/aromatic N) is 2. The number of ether oxygens (including phenoxy) is 1. The van der Waals surface area contributed by atoms with Crippen LogP contribution in [0.4, 0.5) is 0 Å². The number of benzene rings is 1. The first kappa shape index (κ1) is 13.5. The number of hydrogen-bond acceptors (Lipinski definition) is 2. The van der Waals surface area contributed by atoms with Gasteiger partial charge in [-0.1, -0.05) is 23.2 Å². The van der Waals surface area contributed by atoms with Crippen LogP contribution in [0.3, 0.4) is 0 Å². The molecule has 1 aliphatic rings. The Morgan fingerprint density at radius 3 is 2.63 bits per heavy atom. The Morgan fingerprint density at radius 1 is 1.32 bits per heavy atom. The summed E-state index contributed by atoms with van der Waals surface area (Å²) < 4.78 is 7.50. The molecule has 19 heavy (non-hydrogen) atoms. The average Bonchev–Trinajstić information content (AvgIpc) is 2.67. The van der Waals surface area contributed by atoms with Crippen LogP contribution < -0.4 is 0 Å². The molecule has 0 aliphatic heterocycles. The predicted octanol–water partition coefficient (Wildman–Crippen LogP) is 4.43. The number of methoxy groups -OCH3 is 1. The molecule has 0 saturated heterocycles. The molecule has 1 aromatic carbocycles. The zero-order chi connectivity index (χ0) is 13.6. The SMILES string of the molecule is COC1CC(n2c(CCl)nc3cc(Cl)c(Cl)cc32)C1. The third-order valence-electron chi connectivity index (χ3n) is 3.69. The van der Waals surface area contributed by atoms with E-state index in [-0.39, 0.29) is 0 Å². The normalized spacial score (nSPS) is 22.7. The van der Waals surface area contributed by atoms with Gasteiger partial charge in [-0.05, 0) is 25.0 Å². The Bertz CT molecular complexity index is 620. The van der Waals surface area contributed by atoms with Crippen LogP contribution in [0.25, 0.3) is 11.0 Å². The maximum Gasteiger partial charge on any atom is 0.125 e. The zero-order valence-corrected chi connectivity index (χ0v) is 12.6. The summed E-state index contributed by atoms with van der Waals surface area (Å²) in [4.78, 5) is 4.53. The molecule has 3 rings (SSSR count). The first-order valence-electron chi connectivity index (χ1n) is 6.08. The predicted molar refractivity (Wildman–Crippen MR) is 78.4 cm³/mol. The van der Waals surface area contributed by atoms with E-state index in [1.54, 1.807) is 13.2 Å². The van der Waals surface area contributed by atoms with Crippen molar-refractivity contribution in [2.75, 3.05) is 7.11 Å². The molecular weight excluding hydrogens is 307 g/mol. The summed E-state index contributed by atoms with van der Waals surface area (Å²) in [5.41, 5.74) is 1.83. The third-order valence-corrected chi connectivity index (χ3v) is 4.65. The van der Waals surface area contributed by atoms with E-state index in [1.807, 2.05) is 6.07 Å². The van der Waals surface area contributed by atoms with E-state index in [9.17, 15) is 0 Å². The molecule has 1 aliphatic carbocycles. The van der Waals surface area contributed by atoms with Crippen molar-refractivity contribution < 1.29 is 4.74 Å². The van der Waals surface area contributed by atoms with E-state index in [4.69, 9.17) is 39.5 Å². The summed E-state index contributed by atoms with van der Waals surface area (Å²) >= 11 is 18.1. The van der Waals surface area contributed by atoms with E-state index >= 15 is 0 Å². The molecule has 1 fully saturated rings. The van der Waals surface area contributed by atoms with Gasteiger partial charge < -0.3 is 9.30 Å². The fraction of sp³-hybridized carbons (Fsp3) is 0.462. The second kappa shape index (κ2) is 5.13. The quantitative estimate of drug-likeness (QED) is 0.782. The molecule has 1 aromatic heterocycles. The van der Waals surface area contributed by atoms with Gasteiger partial charge in [-0.2, -0.15) is 0 Å². The largest absolute Gasteiger partial charge is 0.381 e. The van der Waals surface area contributed by atoms with E-state index in [0.29, 0.717) is 28.1 Å². The van der Waals surface area contributed by atoms with Gasteiger partial charge in [0.25, 0.3) is 0 Å². The number of hydrogen-bond donors (Lipinski definition) is 0. The van der Waals surface area contributed by atoms with Crippen LogP contribution in [0, 0.1) is 0 Å². The van der Waals surface area contributed by atoms with Crippen molar-refractivity contribution in [3.05, 3.63) is 28.0 Å². The van der Waals surface area contributed by atoms with E-state index in [2.05, 4.69) is 9.55 Å². The number of fused-ring (bicyclic) bond motifs is 1. The van der Waals surface area contributed by atoms with Gasteiger partial charge in [0, 0.05) is 13.2 Å². The van der Waals surface area contributed by atoms with Crippen molar-refractivity contribution >= 4 is 45.8 Å². The van der Waals surface area contributed by atoms with Gasteiger partial charge in [-0.15, -0.1) is 11.6 Å². The number of imidazole rings is 1. The average molecular weight is 320 g/mol. The van der Waals surface area contributed by atoms with Crippen molar-refractivity contribution in [3.8, 4) is 0 Å². The van der Waals surface area contributed by atoms with E-state index in [0.717, 1.165) is 29.7 Å². The molecule has 0 N–H and O–H groups in total. The van der Waals surface area contributed by atoms with Crippen LogP contribution in [-0.2, 0) is 10.6 Å². The summed E-state index contributed by atoms with van der Waals surface area (Å²) in [5.74, 6) is 1.23. The summed E-state index contributed by atoms with van der Waals surface area (Å²) in [6.07, 6.45) is 2.28. The molecule has 0 spiro atoms. The molecule has 1 heterocycles.